The summed E-state index contributed by atoms with van der Waals surface area (Å²) < 4.78 is 32.9. The number of nitrogens with zero attached hydrogens (tertiary/aromatic N) is 4. The van der Waals surface area contributed by atoms with Crippen LogP contribution in [-0.4, -0.2) is 66.5 Å². The molecule has 0 bridgehead atoms. The van der Waals surface area contributed by atoms with Gasteiger partial charge in [0.15, 0.2) is 0 Å². The summed E-state index contributed by atoms with van der Waals surface area (Å²) in [5, 5.41) is 12.6. The highest BCUT2D eigenvalue weighted by Crippen LogP contribution is 2.34. The summed E-state index contributed by atoms with van der Waals surface area (Å²) in [5.41, 5.74) is 3.03. The summed E-state index contributed by atoms with van der Waals surface area (Å²) in [6.07, 6.45) is 0.847. The monoisotopic (exact) mass is 509 g/mol. The second-order valence-electron chi connectivity index (χ2n) is 9.53. The number of nitrogens with one attached hydrogen (secondary N) is 1. The Morgan fingerprint density at radius 3 is 2.46 bits per heavy atom. The largest absolute Gasteiger partial charge is 0.389 e. The topological polar surface area (TPSA) is 90.8 Å². The summed E-state index contributed by atoms with van der Waals surface area (Å²) in [4.78, 5) is 25.6. The van der Waals surface area contributed by atoms with Crippen LogP contribution in [0.5, 0.6) is 0 Å². The van der Waals surface area contributed by atoms with Crippen molar-refractivity contribution in [3.63, 3.8) is 0 Å². The van der Waals surface area contributed by atoms with Gasteiger partial charge in [-0.25, -0.2) is 4.98 Å². The maximum atomic E-state index is 13.7. The molecule has 2 aromatic heterocycles. The van der Waals surface area contributed by atoms with Crippen LogP contribution in [0.1, 0.15) is 28.5 Å². The molecular weight excluding hydrogens is 480 g/mol. The van der Waals surface area contributed by atoms with Crippen LogP contribution in [0.15, 0.2) is 48.7 Å². The van der Waals surface area contributed by atoms with E-state index in [1.54, 1.807) is 6.07 Å². The molecule has 4 heterocycles. The Bertz CT molecular complexity index is 1300. The minimum atomic E-state index is -3.14. The number of halogens is 2. The molecule has 8 nitrogen and oxygen atoms in total. The third-order valence-electron chi connectivity index (χ3n) is 6.60. The van der Waals surface area contributed by atoms with E-state index >= 15 is 0 Å². The van der Waals surface area contributed by atoms with Gasteiger partial charge in [-0.3, -0.25) is 9.78 Å². The average Bonchev–Trinajstić information content (AvgIpc) is 2.87. The number of hydrogen-bond acceptors (Lipinski definition) is 7. The fourth-order valence-electron chi connectivity index (χ4n) is 4.44. The van der Waals surface area contributed by atoms with Gasteiger partial charge in [0.25, 0.3) is 11.8 Å². The van der Waals surface area contributed by atoms with Crippen molar-refractivity contribution in [1.82, 2.24) is 9.97 Å². The molecule has 0 spiro atoms. The maximum absolute atomic E-state index is 13.7. The van der Waals surface area contributed by atoms with Crippen molar-refractivity contribution in [2.45, 2.75) is 25.9 Å². The number of hydrogen-bond donors (Lipinski definition) is 2. The number of pyridine rings is 2. The van der Waals surface area contributed by atoms with Crippen LogP contribution in [0.2, 0.25) is 0 Å². The summed E-state index contributed by atoms with van der Waals surface area (Å²) >= 11 is 0. The first-order chi connectivity index (χ1) is 17.7. The summed E-state index contributed by atoms with van der Waals surface area (Å²) in [5.74, 6) is -2.03. The third-order valence-corrected chi connectivity index (χ3v) is 6.60. The average molecular weight is 510 g/mol. The fourth-order valence-corrected chi connectivity index (χ4v) is 4.44. The first kappa shape index (κ1) is 25.0. The van der Waals surface area contributed by atoms with Crippen LogP contribution >= 0.6 is 0 Å². The molecular formula is C27H29F2N5O3. The van der Waals surface area contributed by atoms with Crippen molar-refractivity contribution in [3.8, 4) is 11.1 Å². The van der Waals surface area contributed by atoms with E-state index in [-0.39, 0.29) is 11.7 Å². The van der Waals surface area contributed by atoms with Gasteiger partial charge in [0.2, 0.25) is 0 Å². The minimum absolute atomic E-state index is 0.103. The van der Waals surface area contributed by atoms with Gasteiger partial charge in [-0.1, -0.05) is 6.07 Å². The molecule has 2 N–H and O–H groups in total. The molecule has 0 atom stereocenters. The number of aliphatic hydroxyl groups excluding tert-OH is 1. The van der Waals surface area contributed by atoms with E-state index in [0.29, 0.717) is 32.0 Å². The number of alkyl halides is 2. The molecule has 10 heteroatoms. The molecule has 0 unspecified atom stereocenters. The molecule has 2 aliphatic rings. The first-order valence-electron chi connectivity index (χ1n) is 12.2. The third kappa shape index (κ3) is 5.55. The molecule has 1 amide bonds. The smallest absolute Gasteiger partial charge is 0.286 e. The van der Waals surface area contributed by atoms with Crippen LogP contribution < -0.4 is 15.1 Å². The highest BCUT2D eigenvalue weighted by atomic mass is 19.3. The van der Waals surface area contributed by atoms with Crippen molar-refractivity contribution in [1.29, 1.82) is 0 Å². The van der Waals surface area contributed by atoms with E-state index in [9.17, 15) is 18.7 Å². The van der Waals surface area contributed by atoms with Crippen molar-refractivity contribution < 1.29 is 23.4 Å². The second kappa shape index (κ2) is 10.0. The molecule has 0 radical (unpaired) electrons. The van der Waals surface area contributed by atoms with Crippen molar-refractivity contribution in [2.24, 2.45) is 0 Å². The molecule has 2 saturated heterocycles. The lowest BCUT2D eigenvalue weighted by molar-refractivity contribution is 0.0127. The summed E-state index contributed by atoms with van der Waals surface area (Å²) in [6, 6.07) is 12.1. The quantitative estimate of drug-likeness (QED) is 0.522. The summed E-state index contributed by atoms with van der Waals surface area (Å²) in [6.45, 7) is 6.52. The lowest BCUT2D eigenvalue weighted by Gasteiger charge is -2.38. The predicted molar refractivity (Wildman–Crippen MR) is 137 cm³/mol. The Hall–Kier alpha value is -3.63. The molecule has 1 aromatic carbocycles. The van der Waals surface area contributed by atoms with Gasteiger partial charge in [-0.15, -0.1) is 0 Å². The molecule has 194 valence electrons. The van der Waals surface area contributed by atoms with E-state index in [4.69, 9.17) is 9.72 Å². The molecule has 37 heavy (non-hydrogen) atoms. The van der Waals surface area contributed by atoms with Crippen LogP contribution in [0.25, 0.3) is 11.1 Å². The number of benzene rings is 1. The number of aromatic nitrogens is 2. The highest BCUT2D eigenvalue weighted by molar-refractivity contribution is 6.04. The lowest BCUT2D eigenvalue weighted by Crippen LogP contribution is -2.51. The second-order valence-corrected chi connectivity index (χ2v) is 9.53. The van der Waals surface area contributed by atoms with Crippen molar-refractivity contribution >= 4 is 23.2 Å². The van der Waals surface area contributed by atoms with Gasteiger partial charge in [-0.2, -0.15) is 8.78 Å². The number of rotatable bonds is 6. The van der Waals surface area contributed by atoms with Crippen LogP contribution in [0, 0.1) is 6.92 Å². The van der Waals surface area contributed by atoms with E-state index < -0.39 is 17.5 Å². The van der Waals surface area contributed by atoms with E-state index in [1.165, 1.54) is 12.3 Å². The number of anilines is 3. The normalized spacial score (nSPS) is 16.5. The van der Waals surface area contributed by atoms with Crippen LogP contribution in [-0.2, 0) is 10.7 Å². The minimum Gasteiger partial charge on any atom is -0.389 e. The molecule has 0 aliphatic carbocycles. The molecule has 3 aromatic rings. The number of aliphatic hydroxyl groups is 1. The Morgan fingerprint density at radius 2 is 1.78 bits per heavy atom. The van der Waals surface area contributed by atoms with Gasteiger partial charge < -0.3 is 25.0 Å². The van der Waals surface area contributed by atoms with E-state index in [2.05, 4.69) is 15.2 Å². The van der Waals surface area contributed by atoms with Gasteiger partial charge in [0.1, 0.15) is 17.3 Å². The van der Waals surface area contributed by atoms with Gasteiger partial charge in [0.05, 0.1) is 19.3 Å². The Labute approximate surface area is 213 Å². The fraction of sp³-hybridized carbons (Fsp3) is 0.370. The molecule has 2 aliphatic heterocycles. The van der Waals surface area contributed by atoms with Gasteiger partial charge in [-0.05, 0) is 60.0 Å². The Kier molecular flexibility index (Phi) is 6.78. The summed E-state index contributed by atoms with van der Waals surface area (Å²) in [7, 11) is 0. The predicted octanol–water partition coefficient (Wildman–Crippen LogP) is 3.83. The zero-order chi connectivity index (χ0) is 26.2. The number of carbonyl (C=O) groups is 1. The molecule has 5 rings (SSSR count). The number of morpholine rings is 1. The Balaban J connectivity index is 1.46. The van der Waals surface area contributed by atoms with Crippen LogP contribution in [0.3, 0.4) is 0 Å². The highest BCUT2D eigenvalue weighted by Gasteiger charge is 2.28. The standard InChI is InChI=1S/C27H29F2N5O3/c1-17-3-4-20(31-26(36)18-5-6-30-23(11-18)27(2,28)29)14-22(17)19-12-24(33-7-9-37-10-8-33)32-25(13-19)34-15-21(35)16-34/h3-6,11-14,21,35H,7-10,15-16H2,1-2H3,(H,31,36). The zero-order valence-corrected chi connectivity index (χ0v) is 20.7. The number of ether oxygens (including phenoxy) is 1. The van der Waals surface area contributed by atoms with Crippen molar-refractivity contribution in [2.75, 3.05) is 54.5 Å². The number of amides is 1. The number of β-amino-alcohol motifs (C(OH)–C–C–N with tert-alkyl or cyclic N) is 1. The zero-order valence-electron chi connectivity index (χ0n) is 20.7. The molecule has 0 saturated carbocycles. The van der Waals surface area contributed by atoms with E-state index in [0.717, 1.165) is 54.4 Å². The SMILES string of the molecule is Cc1ccc(NC(=O)c2ccnc(C(C)(F)F)c2)cc1-c1cc(N2CCOCC2)nc(N2CC(O)C2)c1. The van der Waals surface area contributed by atoms with Gasteiger partial charge in [0, 0.05) is 50.6 Å². The van der Waals surface area contributed by atoms with Gasteiger partial charge >= 0.3 is 0 Å². The maximum Gasteiger partial charge on any atom is 0.286 e. The number of carbonyl (C=O) groups excluding carboxylic acids is 1. The van der Waals surface area contributed by atoms with E-state index in [1.807, 2.05) is 36.1 Å². The Morgan fingerprint density at radius 1 is 1.08 bits per heavy atom. The lowest BCUT2D eigenvalue weighted by atomic mass is 9.99. The molecule has 2 fully saturated rings. The van der Waals surface area contributed by atoms with Crippen molar-refractivity contribution in [3.05, 3.63) is 65.5 Å². The number of aryl methyl sites for hydroxylation is 1. The van der Waals surface area contributed by atoms with Crippen LogP contribution in [0.4, 0.5) is 26.1 Å². The first-order valence-corrected chi connectivity index (χ1v) is 12.2.